The lowest BCUT2D eigenvalue weighted by Gasteiger charge is -2.06. The van der Waals surface area contributed by atoms with Gasteiger partial charge in [-0.05, 0) is 29.8 Å². The molecule has 3 rings (SSSR count). The molecule has 0 saturated carbocycles. The molecule has 2 N–H and O–H groups in total. The van der Waals surface area contributed by atoms with Crippen molar-refractivity contribution in [3.63, 3.8) is 0 Å². The lowest BCUT2D eigenvalue weighted by atomic mass is 10.1. The maximum atomic E-state index is 13.2. The first-order valence-corrected chi connectivity index (χ1v) is 6.60. The molecule has 3 aromatic rings. The van der Waals surface area contributed by atoms with E-state index >= 15 is 0 Å². The summed E-state index contributed by atoms with van der Waals surface area (Å²) in [4.78, 5) is 4.52. The summed E-state index contributed by atoms with van der Waals surface area (Å²) in [5.74, 6) is -0.318. The molecular weight excluding hydrogens is 275 g/mol. The molecule has 0 unspecified atom stereocenters. The van der Waals surface area contributed by atoms with Gasteiger partial charge in [0.15, 0.2) is 0 Å². The zero-order valence-electron chi connectivity index (χ0n) is 10.6. The number of benzene rings is 2. The van der Waals surface area contributed by atoms with Crippen molar-refractivity contribution in [2.24, 2.45) is 5.73 Å². The minimum absolute atomic E-state index is 0.318. The second-order valence-electron chi connectivity index (χ2n) is 4.55. The number of aromatic nitrogens is 1. The van der Waals surface area contributed by atoms with Crippen LogP contribution in [0.5, 0.6) is 0 Å². The van der Waals surface area contributed by atoms with E-state index in [0.717, 1.165) is 16.8 Å². The molecule has 0 aliphatic heterocycles. The molecule has 2 aromatic carbocycles. The molecule has 20 heavy (non-hydrogen) atoms. The average Bonchev–Trinajstić information content (AvgIpc) is 2.48. The van der Waals surface area contributed by atoms with E-state index in [4.69, 9.17) is 17.3 Å². The van der Waals surface area contributed by atoms with Crippen molar-refractivity contribution in [3.05, 3.63) is 64.9 Å². The topological polar surface area (TPSA) is 38.9 Å². The second-order valence-corrected chi connectivity index (χ2v) is 4.96. The number of hydrogen-bond donors (Lipinski definition) is 1. The largest absolute Gasteiger partial charge is 0.326 e. The third kappa shape index (κ3) is 2.38. The molecular formula is C16H12ClFN2. The van der Waals surface area contributed by atoms with Crippen molar-refractivity contribution in [1.29, 1.82) is 0 Å². The van der Waals surface area contributed by atoms with Gasteiger partial charge in [-0.15, -0.1) is 0 Å². The summed E-state index contributed by atoms with van der Waals surface area (Å²) >= 11 is 6.22. The van der Waals surface area contributed by atoms with Gasteiger partial charge in [-0.25, -0.2) is 9.37 Å². The summed E-state index contributed by atoms with van der Waals surface area (Å²) in [6.45, 7) is 0.505. The van der Waals surface area contributed by atoms with Crippen molar-refractivity contribution < 1.29 is 4.39 Å². The molecule has 0 spiro atoms. The fourth-order valence-electron chi connectivity index (χ4n) is 2.12. The molecule has 0 fully saturated rings. The number of nitrogens with two attached hydrogens (primary N) is 1. The summed E-state index contributed by atoms with van der Waals surface area (Å²) in [5.41, 5.74) is 9.03. The normalized spacial score (nSPS) is 10.9. The van der Waals surface area contributed by atoms with Gasteiger partial charge in [0.05, 0.1) is 16.2 Å². The highest BCUT2D eigenvalue weighted by molar-refractivity contribution is 6.35. The van der Waals surface area contributed by atoms with E-state index < -0.39 is 0 Å². The summed E-state index contributed by atoms with van der Waals surface area (Å²) in [6.07, 6.45) is 0. The molecule has 0 bridgehead atoms. The Hall–Kier alpha value is -1.97. The monoisotopic (exact) mass is 286 g/mol. The van der Waals surface area contributed by atoms with Gasteiger partial charge in [-0.3, -0.25) is 0 Å². The van der Waals surface area contributed by atoms with Gasteiger partial charge in [-0.1, -0.05) is 35.9 Å². The van der Waals surface area contributed by atoms with Crippen LogP contribution in [0.4, 0.5) is 4.39 Å². The lowest BCUT2D eigenvalue weighted by molar-refractivity contribution is 0.629. The van der Waals surface area contributed by atoms with Crippen molar-refractivity contribution in [3.8, 4) is 11.3 Å². The minimum Gasteiger partial charge on any atom is -0.326 e. The van der Waals surface area contributed by atoms with Crippen LogP contribution in [-0.4, -0.2) is 4.98 Å². The van der Waals surface area contributed by atoms with Crippen LogP contribution in [-0.2, 0) is 6.54 Å². The molecule has 4 heteroatoms. The maximum absolute atomic E-state index is 13.2. The molecule has 1 aromatic heterocycles. The van der Waals surface area contributed by atoms with Crippen LogP contribution in [0.2, 0.25) is 5.02 Å². The molecule has 0 amide bonds. The van der Waals surface area contributed by atoms with E-state index in [9.17, 15) is 4.39 Å². The van der Waals surface area contributed by atoms with Crippen LogP contribution in [0.25, 0.3) is 22.2 Å². The molecule has 0 atom stereocenters. The number of rotatable bonds is 2. The SMILES string of the molecule is NCc1ccc(-c2cc(Cl)c3cc(F)ccc3n2)cc1. The van der Waals surface area contributed by atoms with Gasteiger partial charge >= 0.3 is 0 Å². The number of nitrogens with zero attached hydrogens (tertiary/aromatic N) is 1. The first kappa shape index (κ1) is 13.0. The maximum Gasteiger partial charge on any atom is 0.124 e. The van der Waals surface area contributed by atoms with Crippen molar-refractivity contribution in [2.45, 2.75) is 6.54 Å². The zero-order valence-corrected chi connectivity index (χ0v) is 11.4. The lowest BCUT2D eigenvalue weighted by Crippen LogP contribution is -1.95. The standard InChI is InChI=1S/C16H12ClFN2/c17-14-8-16(11-3-1-10(9-19)2-4-11)20-15-6-5-12(18)7-13(14)15/h1-8H,9,19H2. The van der Waals surface area contributed by atoms with Crippen molar-refractivity contribution >= 4 is 22.5 Å². The summed E-state index contributed by atoms with van der Waals surface area (Å²) in [7, 11) is 0. The predicted octanol–water partition coefficient (Wildman–Crippen LogP) is 4.15. The second kappa shape index (κ2) is 5.19. The van der Waals surface area contributed by atoms with Crippen molar-refractivity contribution in [2.75, 3.05) is 0 Å². The average molecular weight is 287 g/mol. The number of hydrogen-bond acceptors (Lipinski definition) is 2. The number of fused-ring (bicyclic) bond motifs is 1. The highest BCUT2D eigenvalue weighted by atomic mass is 35.5. The highest BCUT2D eigenvalue weighted by Gasteiger charge is 2.07. The van der Waals surface area contributed by atoms with Crippen LogP contribution in [0, 0.1) is 5.82 Å². The number of halogens is 2. The fraction of sp³-hybridized carbons (Fsp3) is 0.0625. The quantitative estimate of drug-likeness (QED) is 0.768. The van der Waals surface area contributed by atoms with E-state index in [0.29, 0.717) is 22.5 Å². The molecule has 100 valence electrons. The van der Waals surface area contributed by atoms with Crippen molar-refractivity contribution in [1.82, 2.24) is 4.98 Å². The molecule has 0 aliphatic carbocycles. The van der Waals surface area contributed by atoms with Gasteiger partial charge in [0.2, 0.25) is 0 Å². The van der Waals surface area contributed by atoms with E-state index in [1.54, 1.807) is 12.1 Å². The summed E-state index contributed by atoms with van der Waals surface area (Å²) in [5, 5.41) is 1.11. The minimum atomic E-state index is -0.318. The summed E-state index contributed by atoms with van der Waals surface area (Å²) < 4.78 is 13.2. The smallest absolute Gasteiger partial charge is 0.124 e. The Morgan fingerprint density at radius 1 is 1.05 bits per heavy atom. The van der Waals surface area contributed by atoms with Gasteiger partial charge in [0, 0.05) is 17.5 Å². The third-order valence-electron chi connectivity index (χ3n) is 3.21. The molecule has 0 aliphatic rings. The van der Waals surface area contributed by atoms with E-state index in [1.807, 2.05) is 24.3 Å². The van der Waals surface area contributed by atoms with E-state index in [-0.39, 0.29) is 5.82 Å². The molecule has 0 radical (unpaired) electrons. The van der Waals surface area contributed by atoms with E-state index in [2.05, 4.69) is 4.98 Å². The Morgan fingerprint density at radius 3 is 2.50 bits per heavy atom. The Balaban J connectivity index is 2.14. The molecule has 1 heterocycles. The van der Waals surface area contributed by atoms with Gasteiger partial charge in [-0.2, -0.15) is 0 Å². The number of pyridine rings is 1. The van der Waals surface area contributed by atoms with Crippen LogP contribution in [0.1, 0.15) is 5.56 Å². The van der Waals surface area contributed by atoms with Crippen LogP contribution >= 0.6 is 11.6 Å². The fourth-order valence-corrected chi connectivity index (χ4v) is 2.37. The van der Waals surface area contributed by atoms with Gasteiger partial charge < -0.3 is 5.73 Å². The molecule has 0 saturated heterocycles. The van der Waals surface area contributed by atoms with Crippen LogP contribution in [0.3, 0.4) is 0 Å². The van der Waals surface area contributed by atoms with Crippen LogP contribution < -0.4 is 5.73 Å². The Bertz CT molecular complexity index is 769. The first-order chi connectivity index (χ1) is 9.67. The third-order valence-corrected chi connectivity index (χ3v) is 3.52. The van der Waals surface area contributed by atoms with E-state index in [1.165, 1.54) is 12.1 Å². The zero-order chi connectivity index (χ0) is 14.1. The predicted molar refractivity (Wildman–Crippen MR) is 80.0 cm³/mol. The first-order valence-electron chi connectivity index (χ1n) is 6.22. The van der Waals surface area contributed by atoms with Gasteiger partial charge in [0.25, 0.3) is 0 Å². The Kier molecular flexibility index (Phi) is 3.38. The Labute approximate surface area is 121 Å². The molecule has 2 nitrogen and oxygen atoms in total. The Morgan fingerprint density at radius 2 is 1.80 bits per heavy atom. The highest BCUT2D eigenvalue weighted by Crippen LogP contribution is 2.28. The van der Waals surface area contributed by atoms with Gasteiger partial charge in [0.1, 0.15) is 5.82 Å². The summed E-state index contributed by atoms with van der Waals surface area (Å²) in [6, 6.07) is 14.0. The van der Waals surface area contributed by atoms with Crippen LogP contribution in [0.15, 0.2) is 48.5 Å².